The zero-order valence-electron chi connectivity index (χ0n) is 13.9. The fraction of sp³-hybridized carbons (Fsp3) is 0.941. The fourth-order valence-corrected chi connectivity index (χ4v) is 3.47. The van der Waals surface area contributed by atoms with Gasteiger partial charge in [0.15, 0.2) is 0 Å². The van der Waals surface area contributed by atoms with Crippen molar-refractivity contribution in [2.75, 3.05) is 13.6 Å². The average molecular weight is 282 g/mol. The van der Waals surface area contributed by atoms with Gasteiger partial charge in [0.25, 0.3) is 0 Å². The van der Waals surface area contributed by atoms with E-state index in [-0.39, 0.29) is 0 Å². The van der Waals surface area contributed by atoms with Gasteiger partial charge in [-0.05, 0) is 50.0 Å². The minimum Gasteiger partial charge on any atom is -0.343 e. The summed E-state index contributed by atoms with van der Waals surface area (Å²) in [5.41, 5.74) is 5.67. The van der Waals surface area contributed by atoms with E-state index in [0.29, 0.717) is 30.2 Å². The summed E-state index contributed by atoms with van der Waals surface area (Å²) in [6, 6.07) is 0.471. The van der Waals surface area contributed by atoms with Crippen LogP contribution in [0.3, 0.4) is 0 Å². The molecule has 118 valence electrons. The van der Waals surface area contributed by atoms with Gasteiger partial charge in [0.2, 0.25) is 5.91 Å². The van der Waals surface area contributed by atoms with Crippen LogP contribution in [0.1, 0.15) is 65.7 Å². The molecule has 0 saturated heterocycles. The first-order valence-electron chi connectivity index (χ1n) is 8.41. The molecule has 0 spiro atoms. The molecule has 3 unspecified atom stereocenters. The van der Waals surface area contributed by atoms with Crippen molar-refractivity contribution in [3.8, 4) is 0 Å². The highest BCUT2D eigenvalue weighted by molar-refractivity contribution is 5.76. The number of nitrogens with two attached hydrogens (primary N) is 1. The molecule has 20 heavy (non-hydrogen) atoms. The van der Waals surface area contributed by atoms with Crippen LogP contribution in [0.15, 0.2) is 0 Å². The Kier molecular flexibility index (Phi) is 7.57. The molecule has 0 aromatic rings. The molecule has 1 aliphatic rings. The summed E-state index contributed by atoms with van der Waals surface area (Å²) in [7, 11) is 2.00. The molecule has 0 heterocycles. The van der Waals surface area contributed by atoms with Gasteiger partial charge in [-0.15, -0.1) is 0 Å². The normalized spacial score (nSPS) is 24.7. The Bertz CT molecular complexity index is 291. The molecule has 0 aliphatic heterocycles. The van der Waals surface area contributed by atoms with Crippen LogP contribution in [-0.2, 0) is 4.79 Å². The molecule has 1 amide bonds. The molecular formula is C17H34N2O. The number of nitrogens with zero attached hydrogens (tertiary/aromatic N) is 1. The lowest BCUT2D eigenvalue weighted by atomic mass is 9.85. The van der Waals surface area contributed by atoms with E-state index in [0.717, 1.165) is 25.3 Å². The molecule has 0 aromatic carbocycles. The van der Waals surface area contributed by atoms with E-state index in [1.807, 2.05) is 11.9 Å². The van der Waals surface area contributed by atoms with Crippen LogP contribution in [-0.4, -0.2) is 30.4 Å². The Balaban J connectivity index is 2.40. The largest absolute Gasteiger partial charge is 0.343 e. The van der Waals surface area contributed by atoms with Crippen molar-refractivity contribution in [2.24, 2.45) is 23.5 Å². The van der Waals surface area contributed by atoms with Crippen LogP contribution >= 0.6 is 0 Å². The highest BCUT2D eigenvalue weighted by Crippen LogP contribution is 2.28. The number of amides is 1. The standard InChI is InChI=1S/C17H34N2O/c1-13(2)15(10-11-18)8-9-17(20)19(4)16-7-5-6-14(3)12-16/h13-16H,5-12,18H2,1-4H3. The lowest BCUT2D eigenvalue weighted by molar-refractivity contribution is -0.133. The van der Waals surface area contributed by atoms with Crippen LogP contribution in [0.2, 0.25) is 0 Å². The Morgan fingerprint density at radius 2 is 2.00 bits per heavy atom. The maximum absolute atomic E-state index is 12.4. The van der Waals surface area contributed by atoms with E-state index >= 15 is 0 Å². The molecule has 1 aliphatic carbocycles. The molecule has 3 atom stereocenters. The van der Waals surface area contributed by atoms with Crippen LogP contribution in [0, 0.1) is 17.8 Å². The summed E-state index contributed by atoms with van der Waals surface area (Å²) in [4.78, 5) is 14.4. The zero-order valence-corrected chi connectivity index (χ0v) is 13.9. The molecule has 1 saturated carbocycles. The second-order valence-corrected chi connectivity index (χ2v) is 7.05. The van der Waals surface area contributed by atoms with Gasteiger partial charge in [0, 0.05) is 19.5 Å². The second kappa shape index (κ2) is 8.66. The van der Waals surface area contributed by atoms with E-state index in [9.17, 15) is 4.79 Å². The van der Waals surface area contributed by atoms with Crippen LogP contribution in [0.5, 0.6) is 0 Å². The molecule has 2 N–H and O–H groups in total. The Hall–Kier alpha value is -0.570. The van der Waals surface area contributed by atoms with Crippen molar-refractivity contribution < 1.29 is 4.79 Å². The minimum absolute atomic E-state index is 0.326. The lowest BCUT2D eigenvalue weighted by Gasteiger charge is -2.34. The van der Waals surface area contributed by atoms with Gasteiger partial charge in [-0.3, -0.25) is 4.79 Å². The van der Waals surface area contributed by atoms with Crippen LogP contribution in [0.25, 0.3) is 0 Å². The summed E-state index contributed by atoms with van der Waals surface area (Å²) in [5.74, 6) is 2.30. The van der Waals surface area contributed by atoms with E-state index in [2.05, 4.69) is 20.8 Å². The number of hydrogen-bond donors (Lipinski definition) is 1. The number of rotatable bonds is 7. The Morgan fingerprint density at radius 3 is 2.55 bits per heavy atom. The van der Waals surface area contributed by atoms with Crippen molar-refractivity contribution in [1.29, 1.82) is 0 Å². The lowest BCUT2D eigenvalue weighted by Crippen LogP contribution is -2.40. The first-order valence-corrected chi connectivity index (χ1v) is 8.41. The smallest absolute Gasteiger partial charge is 0.222 e. The summed E-state index contributed by atoms with van der Waals surface area (Å²) < 4.78 is 0. The predicted octanol–water partition coefficient (Wildman–Crippen LogP) is 3.42. The molecule has 1 rings (SSSR count). The van der Waals surface area contributed by atoms with Crippen molar-refractivity contribution in [1.82, 2.24) is 4.90 Å². The Morgan fingerprint density at radius 1 is 1.30 bits per heavy atom. The second-order valence-electron chi connectivity index (χ2n) is 7.05. The van der Waals surface area contributed by atoms with Gasteiger partial charge in [-0.2, -0.15) is 0 Å². The molecule has 0 bridgehead atoms. The highest BCUT2D eigenvalue weighted by atomic mass is 16.2. The van der Waals surface area contributed by atoms with Crippen LogP contribution in [0.4, 0.5) is 0 Å². The first-order chi connectivity index (χ1) is 9.45. The third-order valence-corrected chi connectivity index (χ3v) is 5.06. The van der Waals surface area contributed by atoms with Crippen molar-refractivity contribution in [3.63, 3.8) is 0 Å². The molecule has 0 aromatic heterocycles. The third kappa shape index (κ3) is 5.43. The molecule has 3 nitrogen and oxygen atoms in total. The van der Waals surface area contributed by atoms with Gasteiger partial charge >= 0.3 is 0 Å². The van der Waals surface area contributed by atoms with Crippen molar-refractivity contribution >= 4 is 5.91 Å². The van der Waals surface area contributed by atoms with Crippen molar-refractivity contribution in [2.45, 2.75) is 71.8 Å². The topological polar surface area (TPSA) is 46.3 Å². The highest BCUT2D eigenvalue weighted by Gasteiger charge is 2.25. The zero-order chi connectivity index (χ0) is 15.1. The van der Waals surface area contributed by atoms with Crippen molar-refractivity contribution in [3.05, 3.63) is 0 Å². The fourth-order valence-electron chi connectivity index (χ4n) is 3.47. The Labute approximate surface area is 125 Å². The van der Waals surface area contributed by atoms with Gasteiger partial charge in [0.05, 0.1) is 0 Å². The van der Waals surface area contributed by atoms with Crippen LogP contribution < -0.4 is 5.73 Å². The first kappa shape index (κ1) is 17.5. The number of carbonyl (C=O) groups is 1. The average Bonchev–Trinajstić information content (AvgIpc) is 2.41. The maximum atomic E-state index is 12.4. The molecule has 1 fully saturated rings. The van der Waals surface area contributed by atoms with Gasteiger partial charge in [-0.25, -0.2) is 0 Å². The third-order valence-electron chi connectivity index (χ3n) is 5.06. The SMILES string of the molecule is CC1CCCC(N(C)C(=O)CCC(CCN)C(C)C)C1. The minimum atomic E-state index is 0.326. The van der Waals surface area contributed by atoms with E-state index < -0.39 is 0 Å². The molecular weight excluding hydrogens is 248 g/mol. The predicted molar refractivity (Wildman–Crippen MR) is 85.4 cm³/mol. The monoisotopic (exact) mass is 282 g/mol. The number of hydrogen-bond acceptors (Lipinski definition) is 2. The van der Waals surface area contributed by atoms with Gasteiger partial charge < -0.3 is 10.6 Å². The summed E-state index contributed by atoms with van der Waals surface area (Å²) in [5, 5.41) is 0. The summed E-state index contributed by atoms with van der Waals surface area (Å²) in [6.45, 7) is 7.50. The van der Waals surface area contributed by atoms with E-state index in [1.54, 1.807) is 0 Å². The van der Waals surface area contributed by atoms with E-state index in [1.165, 1.54) is 25.7 Å². The number of carbonyl (C=O) groups excluding carboxylic acids is 1. The maximum Gasteiger partial charge on any atom is 0.222 e. The molecule has 0 radical (unpaired) electrons. The molecule has 3 heteroatoms. The quantitative estimate of drug-likeness (QED) is 0.777. The summed E-state index contributed by atoms with van der Waals surface area (Å²) >= 11 is 0. The van der Waals surface area contributed by atoms with Gasteiger partial charge in [-0.1, -0.05) is 33.6 Å². The van der Waals surface area contributed by atoms with Gasteiger partial charge in [0.1, 0.15) is 0 Å². The van der Waals surface area contributed by atoms with E-state index in [4.69, 9.17) is 5.73 Å². The summed E-state index contributed by atoms with van der Waals surface area (Å²) in [6.07, 6.45) is 7.66.